The summed E-state index contributed by atoms with van der Waals surface area (Å²) in [6.45, 7) is 2.27. The van der Waals surface area contributed by atoms with Crippen molar-refractivity contribution in [3.63, 3.8) is 0 Å². The summed E-state index contributed by atoms with van der Waals surface area (Å²) >= 11 is 8.15. The maximum atomic E-state index is 6.01. The van der Waals surface area contributed by atoms with Gasteiger partial charge in [0.05, 0.1) is 0 Å². The average molecular weight is 310 g/mol. The van der Waals surface area contributed by atoms with Gasteiger partial charge in [0.15, 0.2) is 0 Å². The first-order valence-corrected chi connectivity index (χ1v) is 9.32. The third-order valence-corrected chi connectivity index (χ3v) is 6.01. The summed E-state index contributed by atoms with van der Waals surface area (Å²) < 4.78 is 0. The van der Waals surface area contributed by atoms with E-state index in [4.69, 9.17) is 11.6 Å². The van der Waals surface area contributed by atoms with Crippen LogP contribution in [0.2, 0.25) is 5.02 Å². The number of benzene rings is 1. The molecule has 0 aromatic heterocycles. The van der Waals surface area contributed by atoms with Crippen molar-refractivity contribution in [2.45, 2.75) is 56.4 Å². The van der Waals surface area contributed by atoms with Crippen molar-refractivity contribution in [2.75, 3.05) is 5.75 Å². The Kier molecular flexibility index (Phi) is 4.95. The fraction of sp³-hybridized carbons (Fsp3) is 0.647. The van der Waals surface area contributed by atoms with E-state index in [9.17, 15) is 0 Å². The fourth-order valence-electron chi connectivity index (χ4n) is 3.34. The van der Waals surface area contributed by atoms with Crippen LogP contribution in [-0.2, 0) is 0 Å². The first-order valence-electron chi connectivity index (χ1n) is 7.89. The first-order chi connectivity index (χ1) is 9.76. The van der Waals surface area contributed by atoms with E-state index in [2.05, 4.69) is 36.1 Å². The van der Waals surface area contributed by atoms with Gasteiger partial charge in [-0.25, -0.2) is 0 Å². The van der Waals surface area contributed by atoms with Gasteiger partial charge in [-0.1, -0.05) is 30.7 Å². The summed E-state index contributed by atoms with van der Waals surface area (Å²) in [5.74, 6) is 2.09. The molecule has 2 aliphatic rings. The maximum absolute atomic E-state index is 6.01. The predicted octanol–water partition coefficient (Wildman–Crippen LogP) is 5.05. The Bertz CT molecular complexity index is 429. The summed E-state index contributed by atoms with van der Waals surface area (Å²) in [6.07, 6.45) is 6.82. The Morgan fingerprint density at radius 1 is 1.20 bits per heavy atom. The molecular weight excluding hydrogens is 286 g/mol. The highest BCUT2D eigenvalue weighted by Crippen LogP contribution is 2.42. The Morgan fingerprint density at radius 3 is 2.60 bits per heavy atom. The van der Waals surface area contributed by atoms with Crippen molar-refractivity contribution >= 4 is 23.4 Å². The van der Waals surface area contributed by atoms with E-state index >= 15 is 0 Å². The minimum Gasteiger partial charge on any atom is -0.307 e. The average Bonchev–Trinajstić information content (AvgIpc) is 3.19. The van der Waals surface area contributed by atoms with Crippen LogP contribution in [0.3, 0.4) is 0 Å². The van der Waals surface area contributed by atoms with Gasteiger partial charge in [0.25, 0.3) is 0 Å². The second kappa shape index (κ2) is 6.72. The number of halogens is 1. The van der Waals surface area contributed by atoms with Crippen molar-refractivity contribution in [3.05, 3.63) is 34.9 Å². The van der Waals surface area contributed by atoms with Crippen LogP contribution < -0.4 is 5.32 Å². The van der Waals surface area contributed by atoms with Gasteiger partial charge in [0, 0.05) is 22.4 Å². The zero-order chi connectivity index (χ0) is 13.9. The van der Waals surface area contributed by atoms with Crippen LogP contribution in [0.1, 0.15) is 50.6 Å². The topological polar surface area (TPSA) is 12.0 Å². The summed E-state index contributed by atoms with van der Waals surface area (Å²) in [4.78, 5) is 0. The SMILES string of the molecule is CCSC1CCC(NC(c2ccc(Cl)cc2)C2CC2)C1. The van der Waals surface area contributed by atoms with Crippen LogP contribution >= 0.6 is 23.4 Å². The zero-order valence-corrected chi connectivity index (χ0v) is 13.7. The van der Waals surface area contributed by atoms with Crippen LogP contribution in [0.15, 0.2) is 24.3 Å². The molecule has 1 aromatic carbocycles. The molecule has 3 rings (SSSR count). The molecule has 0 heterocycles. The standard InChI is InChI=1S/C17H24ClNS/c1-2-20-16-10-9-15(11-16)19-17(12-3-4-12)13-5-7-14(18)8-6-13/h5-8,12,15-17,19H,2-4,9-11H2,1H3. The summed E-state index contributed by atoms with van der Waals surface area (Å²) in [6, 6.07) is 9.70. The van der Waals surface area contributed by atoms with E-state index in [1.165, 1.54) is 43.4 Å². The number of hydrogen-bond acceptors (Lipinski definition) is 2. The van der Waals surface area contributed by atoms with Gasteiger partial charge in [0.1, 0.15) is 0 Å². The predicted molar refractivity (Wildman–Crippen MR) is 89.6 cm³/mol. The minimum atomic E-state index is 0.544. The zero-order valence-electron chi connectivity index (χ0n) is 12.1. The lowest BCUT2D eigenvalue weighted by Gasteiger charge is -2.23. The van der Waals surface area contributed by atoms with E-state index in [0.717, 1.165) is 16.2 Å². The lowest BCUT2D eigenvalue weighted by molar-refractivity contribution is 0.406. The van der Waals surface area contributed by atoms with E-state index in [1.54, 1.807) is 0 Å². The smallest absolute Gasteiger partial charge is 0.0406 e. The number of hydrogen-bond donors (Lipinski definition) is 1. The van der Waals surface area contributed by atoms with E-state index in [-0.39, 0.29) is 0 Å². The van der Waals surface area contributed by atoms with E-state index in [0.29, 0.717) is 12.1 Å². The molecular formula is C17H24ClNS. The molecule has 1 nitrogen and oxygen atoms in total. The quantitative estimate of drug-likeness (QED) is 0.788. The van der Waals surface area contributed by atoms with Crippen molar-refractivity contribution in [1.29, 1.82) is 0 Å². The van der Waals surface area contributed by atoms with Crippen molar-refractivity contribution in [3.8, 4) is 0 Å². The summed E-state index contributed by atoms with van der Waals surface area (Å²) in [5.41, 5.74) is 1.42. The van der Waals surface area contributed by atoms with Gasteiger partial charge in [-0.15, -0.1) is 0 Å². The second-order valence-corrected chi connectivity index (χ2v) is 8.13. The van der Waals surface area contributed by atoms with Gasteiger partial charge >= 0.3 is 0 Å². The highest BCUT2D eigenvalue weighted by atomic mass is 35.5. The Morgan fingerprint density at radius 2 is 1.95 bits per heavy atom. The third-order valence-electron chi connectivity index (χ3n) is 4.52. The Hall–Kier alpha value is -0.180. The largest absolute Gasteiger partial charge is 0.307 e. The van der Waals surface area contributed by atoms with Crippen molar-refractivity contribution in [2.24, 2.45) is 5.92 Å². The van der Waals surface area contributed by atoms with Gasteiger partial charge in [-0.2, -0.15) is 11.8 Å². The number of rotatable bonds is 6. The molecule has 2 saturated carbocycles. The third kappa shape index (κ3) is 3.72. The molecule has 1 aromatic rings. The monoisotopic (exact) mass is 309 g/mol. The van der Waals surface area contributed by atoms with Gasteiger partial charge in [0.2, 0.25) is 0 Å². The van der Waals surface area contributed by atoms with Crippen LogP contribution in [0, 0.1) is 5.92 Å². The minimum absolute atomic E-state index is 0.544. The van der Waals surface area contributed by atoms with Crippen LogP contribution in [0.4, 0.5) is 0 Å². The van der Waals surface area contributed by atoms with Crippen molar-refractivity contribution in [1.82, 2.24) is 5.32 Å². The number of thioether (sulfide) groups is 1. The lowest BCUT2D eigenvalue weighted by atomic mass is 10.0. The summed E-state index contributed by atoms with van der Waals surface area (Å²) in [5, 5.41) is 5.66. The second-order valence-electron chi connectivity index (χ2n) is 6.12. The van der Waals surface area contributed by atoms with E-state index < -0.39 is 0 Å². The Labute approximate surface area is 131 Å². The molecule has 3 atom stereocenters. The molecule has 0 saturated heterocycles. The summed E-state index contributed by atoms with van der Waals surface area (Å²) in [7, 11) is 0. The normalized spacial score (nSPS) is 27.7. The van der Waals surface area contributed by atoms with Crippen molar-refractivity contribution < 1.29 is 0 Å². The molecule has 0 aliphatic heterocycles. The molecule has 1 N–H and O–H groups in total. The van der Waals surface area contributed by atoms with Gasteiger partial charge < -0.3 is 5.32 Å². The molecule has 3 heteroatoms. The lowest BCUT2D eigenvalue weighted by Crippen LogP contribution is -2.32. The maximum Gasteiger partial charge on any atom is 0.0406 e. The molecule has 0 bridgehead atoms. The fourth-order valence-corrected chi connectivity index (χ4v) is 4.61. The molecule has 0 radical (unpaired) electrons. The molecule has 0 spiro atoms. The molecule has 2 aliphatic carbocycles. The first kappa shape index (κ1) is 14.7. The van der Waals surface area contributed by atoms with Gasteiger partial charge in [-0.05, 0) is 61.5 Å². The molecule has 2 fully saturated rings. The van der Waals surface area contributed by atoms with Crippen LogP contribution in [-0.4, -0.2) is 17.0 Å². The van der Waals surface area contributed by atoms with E-state index in [1.807, 2.05) is 12.1 Å². The highest BCUT2D eigenvalue weighted by Gasteiger charge is 2.35. The van der Waals surface area contributed by atoms with Crippen LogP contribution in [0.25, 0.3) is 0 Å². The Balaban J connectivity index is 1.62. The van der Waals surface area contributed by atoms with Gasteiger partial charge in [-0.3, -0.25) is 0 Å². The molecule has 3 unspecified atom stereocenters. The molecule has 0 amide bonds. The number of nitrogens with one attached hydrogen (secondary N) is 1. The molecule has 110 valence electrons. The highest BCUT2D eigenvalue weighted by molar-refractivity contribution is 7.99. The molecule has 20 heavy (non-hydrogen) atoms. The van der Waals surface area contributed by atoms with Crippen LogP contribution in [0.5, 0.6) is 0 Å².